The first-order chi connectivity index (χ1) is 31.5. The van der Waals surface area contributed by atoms with E-state index in [1.54, 1.807) is 0 Å². The number of ether oxygens (including phenoxy) is 2. The SMILES string of the molecule is CC(C)(c1ccccc1)c1c(N)ccc(Oc2cccc(C(=O)c3ccccc3)c2Oc2ccc(N)c(C(C)(C)c3ccccc3)c2C(C)(C)c2ccccc2)c1C(C)(C)c1ccccc1. The molecule has 5 heteroatoms. The predicted octanol–water partition coefficient (Wildman–Crippen LogP) is 15.0. The molecule has 0 unspecified atom stereocenters. The first-order valence-electron chi connectivity index (χ1n) is 22.7. The summed E-state index contributed by atoms with van der Waals surface area (Å²) >= 11 is 0. The van der Waals surface area contributed by atoms with Gasteiger partial charge in [-0.25, -0.2) is 0 Å². The molecule has 0 aliphatic carbocycles. The van der Waals surface area contributed by atoms with Gasteiger partial charge in [0.25, 0.3) is 0 Å². The van der Waals surface area contributed by atoms with Crippen LogP contribution in [0.3, 0.4) is 0 Å². The molecule has 0 heterocycles. The maximum absolute atomic E-state index is 14.9. The number of hydrogen-bond acceptors (Lipinski definition) is 5. The van der Waals surface area contributed by atoms with Gasteiger partial charge in [0.1, 0.15) is 11.5 Å². The van der Waals surface area contributed by atoms with Crippen molar-refractivity contribution in [1.82, 2.24) is 0 Å². The lowest BCUT2D eigenvalue weighted by atomic mass is 9.67. The average molecular weight is 869 g/mol. The van der Waals surface area contributed by atoms with Crippen molar-refractivity contribution < 1.29 is 14.3 Å². The van der Waals surface area contributed by atoms with Crippen molar-refractivity contribution >= 4 is 17.2 Å². The quantitative estimate of drug-likeness (QED) is 0.0840. The highest BCUT2D eigenvalue weighted by molar-refractivity contribution is 6.11. The van der Waals surface area contributed by atoms with Crippen molar-refractivity contribution in [2.75, 3.05) is 11.5 Å². The molecule has 0 atom stereocenters. The second kappa shape index (κ2) is 17.9. The third-order valence-corrected chi connectivity index (χ3v) is 13.6. The highest BCUT2D eigenvalue weighted by Crippen LogP contribution is 2.53. The van der Waals surface area contributed by atoms with Gasteiger partial charge in [0, 0.05) is 49.7 Å². The summed E-state index contributed by atoms with van der Waals surface area (Å²) in [6.07, 6.45) is 0. The average Bonchev–Trinajstić information content (AvgIpc) is 3.33. The summed E-state index contributed by atoms with van der Waals surface area (Å²) in [6, 6.07) is 64.3. The van der Waals surface area contributed by atoms with E-state index in [2.05, 4.69) is 152 Å². The minimum Gasteiger partial charge on any atom is -0.453 e. The van der Waals surface area contributed by atoms with E-state index in [0.29, 0.717) is 39.8 Å². The van der Waals surface area contributed by atoms with Crippen LogP contribution in [0.15, 0.2) is 194 Å². The number of para-hydroxylation sites is 1. The number of anilines is 2. The van der Waals surface area contributed by atoms with E-state index in [4.69, 9.17) is 20.9 Å². The highest BCUT2D eigenvalue weighted by atomic mass is 16.5. The standard InChI is InChI=1S/C61H60N2O3/c1-58(2,42-27-16-10-17-28-42)52-47(62)37-39-49(54(52)60(5,6)44-31-20-12-21-32-44)65-51-36-24-35-46(56(64)41-25-14-9-15-26-41)57(51)66-50-40-38-48(63)53(59(3,4)43-29-18-11-19-30-43)55(50)61(7,8)45-33-22-13-23-34-45/h9-40H,62-63H2,1-8H3. The topological polar surface area (TPSA) is 87.6 Å². The molecule has 0 aliphatic rings. The van der Waals surface area contributed by atoms with E-state index in [0.717, 1.165) is 44.5 Å². The minimum atomic E-state index is -0.630. The number of nitrogen functional groups attached to an aromatic ring is 2. The monoisotopic (exact) mass is 868 g/mol. The zero-order valence-corrected chi connectivity index (χ0v) is 39.4. The van der Waals surface area contributed by atoms with E-state index in [1.165, 1.54) is 0 Å². The number of carbonyl (C=O) groups is 1. The number of benzene rings is 8. The van der Waals surface area contributed by atoms with Gasteiger partial charge in [0.05, 0.1) is 5.56 Å². The predicted molar refractivity (Wildman–Crippen MR) is 272 cm³/mol. The lowest BCUT2D eigenvalue weighted by Gasteiger charge is -2.38. The first kappa shape index (κ1) is 45.2. The molecule has 0 saturated carbocycles. The Morgan fingerprint density at radius 3 is 1.06 bits per heavy atom. The summed E-state index contributed by atoms with van der Waals surface area (Å²) in [7, 11) is 0. The molecule has 0 fully saturated rings. The summed E-state index contributed by atoms with van der Waals surface area (Å²) in [6.45, 7) is 17.7. The molecule has 0 aromatic heterocycles. The molecule has 8 aromatic carbocycles. The van der Waals surface area contributed by atoms with Crippen LogP contribution in [0, 0.1) is 0 Å². The Morgan fingerprint density at radius 2 is 0.682 bits per heavy atom. The molecule has 8 rings (SSSR count). The molecule has 0 amide bonds. The van der Waals surface area contributed by atoms with Gasteiger partial charge in [-0.15, -0.1) is 0 Å². The molecule has 4 N–H and O–H groups in total. The van der Waals surface area contributed by atoms with Crippen molar-refractivity contribution in [2.45, 2.75) is 77.0 Å². The van der Waals surface area contributed by atoms with Crippen molar-refractivity contribution in [1.29, 1.82) is 0 Å². The molecule has 0 aliphatic heterocycles. The minimum absolute atomic E-state index is 0.201. The zero-order chi connectivity index (χ0) is 46.9. The highest BCUT2D eigenvalue weighted by Gasteiger charge is 2.40. The largest absolute Gasteiger partial charge is 0.453 e. The summed E-state index contributed by atoms with van der Waals surface area (Å²) < 4.78 is 14.7. The van der Waals surface area contributed by atoms with Gasteiger partial charge in [0.2, 0.25) is 0 Å². The van der Waals surface area contributed by atoms with E-state index in [-0.39, 0.29) is 11.5 Å². The van der Waals surface area contributed by atoms with E-state index >= 15 is 0 Å². The Labute approximate surface area is 391 Å². The summed E-state index contributed by atoms with van der Waals surface area (Å²) in [5.41, 5.74) is 22.2. The van der Waals surface area contributed by atoms with Gasteiger partial charge < -0.3 is 20.9 Å². The second-order valence-corrected chi connectivity index (χ2v) is 19.3. The Kier molecular flexibility index (Phi) is 12.3. The number of hydrogen-bond donors (Lipinski definition) is 2. The number of carbonyl (C=O) groups excluding carboxylic acids is 1. The lowest BCUT2D eigenvalue weighted by molar-refractivity contribution is 0.103. The van der Waals surface area contributed by atoms with Crippen molar-refractivity contribution in [2.24, 2.45) is 0 Å². The van der Waals surface area contributed by atoms with Crippen LogP contribution in [0.4, 0.5) is 11.4 Å². The van der Waals surface area contributed by atoms with Crippen LogP contribution in [0.1, 0.15) is 116 Å². The number of ketones is 1. The van der Waals surface area contributed by atoms with Crippen LogP contribution in [0.5, 0.6) is 23.0 Å². The molecule has 66 heavy (non-hydrogen) atoms. The maximum atomic E-state index is 14.9. The Hall–Kier alpha value is -7.37. The van der Waals surface area contributed by atoms with E-state index in [1.807, 2.05) is 97.1 Å². The van der Waals surface area contributed by atoms with Gasteiger partial charge in [-0.05, 0) is 69.8 Å². The van der Waals surface area contributed by atoms with Crippen LogP contribution in [0.2, 0.25) is 0 Å². The van der Waals surface area contributed by atoms with Crippen LogP contribution < -0.4 is 20.9 Å². The summed E-state index contributed by atoms with van der Waals surface area (Å²) in [4.78, 5) is 14.9. The second-order valence-electron chi connectivity index (χ2n) is 19.3. The van der Waals surface area contributed by atoms with Gasteiger partial charge in [-0.2, -0.15) is 0 Å². The summed E-state index contributed by atoms with van der Waals surface area (Å²) in [5, 5.41) is 0. The molecule has 332 valence electrons. The van der Waals surface area contributed by atoms with E-state index in [9.17, 15) is 4.79 Å². The normalized spacial score (nSPS) is 12.1. The molecular formula is C61H60N2O3. The van der Waals surface area contributed by atoms with Gasteiger partial charge in [-0.3, -0.25) is 4.79 Å². The van der Waals surface area contributed by atoms with Gasteiger partial charge in [0.15, 0.2) is 17.3 Å². The van der Waals surface area contributed by atoms with Crippen LogP contribution in [0.25, 0.3) is 0 Å². The molecule has 0 spiro atoms. The molecule has 8 aromatic rings. The Bertz CT molecular complexity index is 2980. The Morgan fingerprint density at radius 1 is 0.348 bits per heavy atom. The van der Waals surface area contributed by atoms with E-state index < -0.39 is 21.7 Å². The zero-order valence-electron chi connectivity index (χ0n) is 39.4. The third kappa shape index (κ3) is 8.38. The van der Waals surface area contributed by atoms with Crippen molar-refractivity contribution in [3.05, 3.63) is 250 Å². The molecule has 0 saturated heterocycles. The lowest BCUT2D eigenvalue weighted by Crippen LogP contribution is -2.30. The third-order valence-electron chi connectivity index (χ3n) is 13.6. The molecule has 5 nitrogen and oxygen atoms in total. The fourth-order valence-electron chi connectivity index (χ4n) is 9.81. The smallest absolute Gasteiger partial charge is 0.196 e. The van der Waals surface area contributed by atoms with Gasteiger partial charge >= 0.3 is 0 Å². The number of rotatable bonds is 14. The number of nitrogens with two attached hydrogens (primary N) is 2. The summed E-state index contributed by atoms with van der Waals surface area (Å²) in [5.74, 6) is 1.61. The van der Waals surface area contributed by atoms with Crippen molar-refractivity contribution in [3.63, 3.8) is 0 Å². The first-order valence-corrected chi connectivity index (χ1v) is 22.7. The fourth-order valence-corrected chi connectivity index (χ4v) is 9.81. The Balaban J connectivity index is 1.40. The van der Waals surface area contributed by atoms with Crippen LogP contribution in [-0.4, -0.2) is 5.78 Å². The molecule has 0 bridgehead atoms. The maximum Gasteiger partial charge on any atom is 0.196 e. The molecule has 0 radical (unpaired) electrons. The van der Waals surface area contributed by atoms with Crippen LogP contribution >= 0.6 is 0 Å². The fraction of sp³-hybridized carbons (Fsp3) is 0.197. The van der Waals surface area contributed by atoms with Gasteiger partial charge in [-0.1, -0.05) is 213 Å². The molecular weight excluding hydrogens is 809 g/mol. The van der Waals surface area contributed by atoms with Crippen molar-refractivity contribution in [3.8, 4) is 23.0 Å². The van der Waals surface area contributed by atoms with Crippen LogP contribution in [-0.2, 0) is 21.7 Å².